The maximum atomic E-state index is 13.1. The van der Waals surface area contributed by atoms with E-state index in [4.69, 9.17) is 0 Å². The number of carbonyl (C=O) groups is 2. The number of alkyl halides is 3. The number of hydrogen-bond donors (Lipinski definition) is 2. The van der Waals surface area contributed by atoms with Gasteiger partial charge < -0.3 is 10.6 Å². The summed E-state index contributed by atoms with van der Waals surface area (Å²) >= 11 is 0. The van der Waals surface area contributed by atoms with Gasteiger partial charge in [-0.15, -0.1) is 0 Å². The van der Waals surface area contributed by atoms with Crippen molar-refractivity contribution >= 4 is 23.1 Å². The number of amides is 1. The van der Waals surface area contributed by atoms with Gasteiger partial charge in [-0.1, -0.05) is 24.3 Å². The average Bonchev–Trinajstić information content (AvgIpc) is 3.65. The van der Waals surface area contributed by atoms with E-state index in [9.17, 15) is 22.8 Å². The van der Waals surface area contributed by atoms with Crippen molar-refractivity contribution in [1.82, 2.24) is 5.32 Å². The molecule has 0 saturated heterocycles. The third-order valence-electron chi connectivity index (χ3n) is 6.00. The molecule has 0 spiro atoms. The molecule has 2 aromatic rings. The molecule has 0 heterocycles. The standard InChI is InChI=1S/C24H25F3N2O2/c25-24(26,27)20-3-1-2-4-21(20)29-18-9-7-17(8-10-18)15-28-22(31)23(11-12-23)14-19(30)13-16-5-6-16/h1-4,7-10,16,29H,5-6,11-15H2,(H,28,31). The van der Waals surface area contributed by atoms with Crippen LogP contribution in [0.1, 0.15) is 49.7 Å². The van der Waals surface area contributed by atoms with Gasteiger partial charge in [-0.2, -0.15) is 13.2 Å². The number of Topliss-reactive ketones (excluding diaryl/α,β-unsaturated/α-hetero) is 1. The van der Waals surface area contributed by atoms with E-state index in [0.29, 0.717) is 31.0 Å². The topological polar surface area (TPSA) is 58.2 Å². The van der Waals surface area contributed by atoms with Gasteiger partial charge in [0.05, 0.1) is 16.7 Å². The molecule has 0 aromatic heterocycles. The number of benzene rings is 2. The molecule has 1 amide bonds. The van der Waals surface area contributed by atoms with Gasteiger partial charge in [-0.05, 0) is 61.4 Å². The highest BCUT2D eigenvalue weighted by atomic mass is 19.4. The summed E-state index contributed by atoms with van der Waals surface area (Å²) in [6, 6.07) is 12.2. The van der Waals surface area contributed by atoms with Crippen LogP contribution in [0, 0.1) is 11.3 Å². The third-order valence-corrected chi connectivity index (χ3v) is 6.00. The van der Waals surface area contributed by atoms with Crippen molar-refractivity contribution in [1.29, 1.82) is 0 Å². The van der Waals surface area contributed by atoms with E-state index >= 15 is 0 Å². The van der Waals surface area contributed by atoms with Gasteiger partial charge in [-0.3, -0.25) is 9.59 Å². The normalized spacial score (nSPS) is 17.1. The fourth-order valence-electron chi connectivity index (χ4n) is 3.80. The monoisotopic (exact) mass is 430 g/mol. The number of nitrogens with one attached hydrogen (secondary N) is 2. The maximum absolute atomic E-state index is 13.1. The van der Waals surface area contributed by atoms with Gasteiger partial charge in [0.2, 0.25) is 5.91 Å². The van der Waals surface area contributed by atoms with Crippen molar-refractivity contribution in [3.05, 3.63) is 59.7 Å². The second-order valence-corrected chi connectivity index (χ2v) is 8.69. The van der Waals surface area contributed by atoms with E-state index in [1.54, 1.807) is 30.3 Å². The smallest absolute Gasteiger partial charge is 0.355 e. The second-order valence-electron chi connectivity index (χ2n) is 8.69. The first-order valence-electron chi connectivity index (χ1n) is 10.6. The average molecular weight is 430 g/mol. The Kier molecular flexibility index (Phi) is 5.77. The van der Waals surface area contributed by atoms with Crippen molar-refractivity contribution in [2.45, 2.75) is 51.2 Å². The molecular formula is C24H25F3N2O2. The van der Waals surface area contributed by atoms with Crippen LogP contribution in [0.4, 0.5) is 24.5 Å². The Labute approximate surface area is 179 Å². The number of halogens is 3. The van der Waals surface area contributed by atoms with Gasteiger partial charge in [0.15, 0.2) is 0 Å². The van der Waals surface area contributed by atoms with E-state index in [1.807, 2.05) is 0 Å². The minimum atomic E-state index is -4.44. The third kappa shape index (κ3) is 5.46. The summed E-state index contributed by atoms with van der Waals surface area (Å²) in [5.74, 6) is 0.629. The first-order valence-corrected chi connectivity index (χ1v) is 10.6. The van der Waals surface area contributed by atoms with Crippen molar-refractivity contribution in [2.75, 3.05) is 5.32 Å². The number of anilines is 2. The van der Waals surface area contributed by atoms with Crippen LogP contribution in [0.15, 0.2) is 48.5 Å². The van der Waals surface area contributed by atoms with Gasteiger partial charge in [0.25, 0.3) is 0 Å². The summed E-state index contributed by atoms with van der Waals surface area (Å²) in [5.41, 5.74) is 0.0912. The molecule has 2 N–H and O–H groups in total. The molecule has 4 rings (SSSR count). The Balaban J connectivity index is 1.31. The molecule has 2 saturated carbocycles. The molecule has 164 valence electrons. The van der Waals surface area contributed by atoms with E-state index in [2.05, 4.69) is 10.6 Å². The summed E-state index contributed by atoms with van der Waals surface area (Å²) in [5, 5.41) is 5.72. The summed E-state index contributed by atoms with van der Waals surface area (Å²) in [7, 11) is 0. The molecule has 0 atom stereocenters. The summed E-state index contributed by atoms with van der Waals surface area (Å²) < 4.78 is 39.4. The fraction of sp³-hybridized carbons (Fsp3) is 0.417. The molecule has 7 heteroatoms. The number of hydrogen-bond acceptors (Lipinski definition) is 3. The molecule has 0 radical (unpaired) electrons. The van der Waals surface area contributed by atoms with Crippen molar-refractivity contribution in [3.8, 4) is 0 Å². The highest BCUT2D eigenvalue weighted by molar-refractivity contribution is 5.92. The van der Waals surface area contributed by atoms with Gasteiger partial charge >= 0.3 is 6.18 Å². The van der Waals surface area contributed by atoms with Crippen LogP contribution in [-0.4, -0.2) is 11.7 Å². The lowest BCUT2D eigenvalue weighted by molar-refractivity contribution is -0.137. The first-order chi connectivity index (χ1) is 14.7. The van der Waals surface area contributed by atoms with Crippen LogP contribution in [0.3, 0.4) is 0 Å². The van der Waals surface area contributed by atoms with Crippen molar-refractivity contribution in [3.63, 3.8) is 0 Å². The Morgan fingerprint density at radius 2 is 1.68 bits per heavy atom. The minimum Gasteiger partial charge on any atom is -0.355 e. The SMILES string of the molecule is O=C(CC1CC1)CC1(C(=O)NCc2ccc(Nc3ccccc3C(F)(F)F)cc2)CC1. The Morgan fingerprint density at radius 3 is 2.29 bits per heavy atom. The van der Waals surface area contributed by atoms with E-state index in [0.717, 1.165) is 37.3 Å². The molecule has 0 aliphatic heterocycles. The maximum Gasteiger partial charge on any atom is 0.418 e. The first kappa shape index (κ1) is 21.4. The summed E-state index contributed by atoms with van der Waals surface area (Å²) in [4.78, 5) is 24.7. The molecule has 0 unspecified atom stereocenters. The zero-order chi connectivity index (χ0) is 22.1. The van der Waals surface area contributed by atoms with Crippen molar-refractivity contribution in [2.24, 2.45) is 11.3 Å². The number of carbonyl (C=O) groups excluding carboxylic acids is 2. The molecule has 2 aromatic carbocycles. The highest BCUT2D eigenvalue weighted by Gasteiger charge is 2.51. The summed E-state index contributed by atoms with van der Waals surface area (Å²) in [6.45, 7) is 0.316. The lowest BCUT2D eigenvalue weighted by Gasteiger charge is -2.16. The molecular weight excluding hydrogens is 405 g/mol. The van der Waals surface area contributed by atoms with Gasteiger partial charge in [0, 0.05) is 25.1 Å². The predicted octanol–water partition coefficient (Wildman–Crippen LogP) is 5.60. The number of ketones is 1. The van der Waals surface area contributed by atoms with E-state index < -0.39 is 17.2 Å². The van der Waals surface area contributed by atoms with Crippen LogP contribution >= 0.6 is 0 Å². The number of rotatable bonds is 9. The van der Waals surface area contributed by atoms with Crippen molar-refractivity contribution < 1.29 is 22.8 Å². The van der Waals surface area contributed by atoms with Gasteiger partial charge in [-0.25, -0.2) is 0 Å². The second kappa shape index (κ2) is 8.36. The molecule has 0 bridgehead atoms. The van der Waals surface area contributed by atoms with Gasteiger partial charge in [0.1, 0.15) is 5.78 Å². The Morgan fingerprint density at radius 1 is 1.00 bits per heavy atom. The van der Waals surface area contributed by atoms with Crippen LogP contribution in [0.5, 0.6) is 0 Å². The minimum absolute atomic E-state index is 0.0115. The molecule has 4 nitrogen and oxygen atoms in total. The predicted molar refractivity (Wildman–Crippen MR) is 112 cm³/mol. The summed E-state index contributed by atoms with van der Waals surface area (Å²) in [6.07, 6.45) is 0.229. The van der Waals surface area contributed by atoms with Crippen LogP contribution in [0.2, 0.25) is 0 Å². The lowest BCUT2D eigenvalue weighted by atomic mass is 9.95. The van der Waals surface area contributed by atoms with Crippen LogP contribution in [0.25, 0.3) is 0 Å². The zero-order valence-corrected chi connectivity index (χ0v) is 17.1. The van der Waals surface area contributed by atoms with E-state index in [-0.39, 0.29) is 17.4 Å². The Hall–Kier alpha value is -2.83. The highest BCUT2D eigenvalue weighted by Crippen LogP contribution is 2.50. The fourth-order valence-corrected chi connectivity index (χ4v) is 3.80. The Bertz CT molecular complexity index is 962. The molecule has 2 fully saturated rings. The number of para-hydroxylation sites is 1. The van der Waals surface area contributed by atoms with Crippen LogP contribution < -0.4 is 10.6 Å². The zero-order valence-electron chi connectivity index (χ0n) is 17.1. The quantitative estimate of drug-likeness (QED) is 0.544. The largest absolute Gasteiger partial charge is 0.418 e. The lowest BCUT2D eigenvalue weighted by Crippen LogP contribution is -2.33. The van der Waals surface area contributed by atoms with Crippen LogP contribution in [-0.2, 0) is 22.3 Å². The van der Waals surface area contributed by atoms with E-state index in [1.165, 1.54) is 12.1 Å². The molecule has 31 heavy (non-hydrogen) atoms. The molecule has 2 aliphatic rings. The molecule has 2 aliphatic carbocycles.